The van der Waals surface area contributed by atoms with Crippen molar-refractivity contribution < 1.29 is 8.92 Å². The molecule has 1 fully saturated rings. The van der Waals surface area contributed by atoms with Gasteiger partial charge in [0.25, 0.3) is 0 Å². The summed E-state index contributed by atoms with van der Waals surface area (Å²) in [6, 6.07) is 0. The van der Waals surface area contributed by atoms with E-state index in [2.05, 4.69) is 27.7 Å². The number of epoxide rings is 1. The molecule has 1 atom stereocenters. The van der Waals surface area contributed by atoms with E-state index in [1.165, 1.54) is 0 Å². The van der Waals surface area contributed by atoms with E-state index in [-0.39, 0.29) is 5.60 Å². The molecular formula is C10H20O2S. The van der Waals surface area contributed by atoms with Crippen molar-refractivity contribution in [3.05, 3.63) is 0 Å². The van der Waals surface area contributed by atoms with Gasteiger partial charge in [-0.05, 0) is 38.2 Å². The molecular weight excluding hydrogens is 184 g/mol. The Labute approximate surface area is 85.6 Å². The summed E-state index contributed by atoms with van der Waals surface area (Å²) < 4.78 is 10.8. The van der Waals surface area contributed by atoms with Crippen LogP contribution < -0.4 is 0 Å². The molecule has 0 aliphatic carbocycles. The van der Waals surface area contributed by atoms with Crippen LogP contribution in [0.2, 0.25) is 0 Å². The summed E-state index contributed by atoms with van der Waals surface area (Å²) in [7, 11) is 0. The van der Waals surface area contributed by atoms with Crippen LogP contribution in [0.4, 0.5) is 0 Å². The van der Waals surface area contributed by atoms with Crippen molar-refractivity contribution in [2.75, 3.05) is 12.4 Å². The first-order valence-corrected chi connectivity index (χ1v) is 5.83. The molecule has 13 heavy (non-hydrogen) atoms. The molecule has 0 radical (unpaired) electrons. The van der Waals surface area contributed by atoms with Gasteiger partial charge in [0.15, 0.2) is 0 Å². The largest absolute Gasteiger partial charge is 0.372 e. The number of rotatable bonds is 6. The molecule has 0 aromatic rings. The van der Waals surface area contributed by atoms with E-state index in [0.717, 1.165) is 18.8 Å². The quantitative estimate of drug-likeness (QED) is 0.490. The first kappa shape index (κ1) is 11.3. The zero-order valence-corrected chi connectivity index (χ0v) is 9.82. The highest BCUT2D eigenvalue weighted by Gasteiger charge is 2.25. The molecule has 1 unspecified atom stereocenters. The van der Waals surface area contributed by atoms with Crippen LogP contribution in [0, 0.1) is 5.92 Å². The molecule has 0 bridgehead atoms. The molecule has 0 spiro atoms. The summed E-state index contributed by atoms with van der Waals surface area (Å²) >= 11 is 1.55. The molecule has 1 rings (SSSR count). The van der Waals surface area contributed by atoms with E-state index in [4.69, 9.17) is 8.92 Å². The van der Waals surface area contributed by atoms with Crippen molar-refractivity contribution in [1.82, 2.24) is 0 Å². The first-order chi connectivity index (χ1) is 5.99. The van der Waals surface area contributed by atoms with E-state index < -0.39 is 0 Å². The smallest absolute Gasteiger partial charge is 0.0922 e. The maximum atomic E-state index is 5.73. The van der Waals surface area contributed by atoms with E-state index in [1.54, 1.807) is 12.0 Å². The minimum absolute atomic E-state index is 0.00623. The fourth-order valence-electron chi connectivity index (χ4n) is 1.45. The Bertz CT molecular complexity index is 153. The third-order valence-corrected chi connectivity index (χ3v) is 2.92. The van der Waals surface area contributed by atoms with Gasteiger partial charge in [-0.2, -0.15) is 0 Å². The second-order valence-electron chi connectivity index (χ2n) is 4.68. The van der Waals surface area contributed by atoms with E-state index >= 15 is 0 Å². The minimum Gasteiger partial charge on any atom is -0.372 e. The van der Waals surface area contributed by atoms with Gasteiger partial charge in [-0.1, -0.05) is 13.8 Å². The van der Waals surface area contributed by atoms with Crippen LogP contribution in [-0.2, 0) is 8.92 Å². The Kier molecular flexibility index (Phi) is 4.07. The van der Waals surface area contributed by atoms with Crippen LogP contribution in [0.1, 0.15) is 34.1 Å². The summed E-state index contributed by atoms with van der Waals surface area (Å²) in [4.78, 5) is 0. The van der Waals surface area contributed by atoms with Crippen molar-refractivity contribution in [2.24, 2.45) is 5.92 Å². The molecule has 1 heterocycles. The highest BCUT2D eigenvalue weighted by molar-refractivity contribution is 7.94. The molecule has 1 aliphatic heterocycles. The summed E-state index contributed by atoms with van der Waals surface area (Å²) in [6.45, 7) is 9.65. The summed E-state index contributed by atoms with van der Waals surface area (Å²) in [6.07, 6.45) is 1.56. The molecule has 0 amide bonds. The van der Waals surface area contributed by atoms with Gasteiger partial charge in [0.05, 0.1) is 18.3 Å². The molecule has 0 N–H and O–H groups in total. The predicted molar refractivity (Wildman–Crippen MR) is 56.8 cm³/mol. The molecule has 2 nitrogen and oxygen atoms in total. The van der Waals surface area contributed by atoms with Crippen LogP contribution >= 0.6 is 12.0 Å². The Morgan fingerprint density at radius 1 is 1.54 bits per heavy atom. The lowest BCUT2D eigenvalue weighted by Gasteiger charge is -2.25. The lowest BCUT2D eigenvalue weighted by atomic mass is 9.97. The Hall–Kier alpha value is 0.270. The highest BCUT2D eigenvalue weighted by Crippen LogP contribution is 2.27. The standard InChI is InChI=1S/C10H20O2S/c1-8(2)5-10(3,4)12-13-7-9-6-11-9/h8-9H,5-7H2,1-4H3. The van der Waals surface area contributed by atoms with Gasteiger partial charge in [-0.15, -0.1) is 0 Å². The fraction of sp³-hybridized carbons (Fsp3) is 1.00. The van der Waals surface area contributed by atoms with Gasteiger partial charge in [0, 0.05) is 5.75 Å². The molecule has 1 saturated heterocycles. The number of hydrogen-bond donors (Lipinski definition) is 0. The maximum Gasteiger partial charge on any atom is 0.0922 e. The van der Waals surface area contributed by atoms with Crippen LogP contribution in [0.15, 0.2) is 0 Å². The average molecular weight is 204 g/mol. The van der Waals surface area contributed by atoms with E-state index in [1.807, 2.05) is 0 Å². The molecule has 0 aromatic heterocycles. The van der Waals surface area contributed by atoms with Crippen molar-refractivity contribution in [3.63, 3.8) is 0 Å². The lowest BCUT2D eigenvalue weighted by molar-refractivity contribution is 0.112. The topological polar surface area (TPSA) is 21.8 Å². The Morgan fingerprint density at radius 3 is 2.62 bits per heavy atom. The average Bonchev–Trinajstić information content (AvgIpc) is 2.67. The van der Waals surface area contributed by atoms with Crippen LogP contribution in [0.3, 0.4) is 0 Å². The van der Waals surface area contributed by atoms with Gasteiger partial charge in [0.2, 0.25) is 0 Å². The highest BCUT2D eigenvalue weighted by atomic mass is 32.2. The SMILES string of the molecule is CC(C)CC(C)(C)OSCC1CO1. The van der Waals surface area contributed by atoms with Crippen LogP contribution in [0.25, 0.3) is 0 Å². The fourth-order valence-corrected chi connectivity index (χ4v) is 2.25. The second kappa shape index (κ2) is 4.67. The Balaban J connectivity index is 2.08. The third-order valence-electron chi connectivity index (χ3n) is 1.84. The van der Waals surface area contributed by atoms with Crippen molar-refractivity contribution in [1.29, 1.82) is 0 Å². The third kappa shape index (κ3) is 5.55. The van der Waals surface area contributed by atoms with Gasteiger partial charge >= 0.3 is 0 Å². The summed E-state index contributed by atoms with van der Waals surface area (Å²) in [5, 5.41) is 0. The van der Waals surface area contributed by atoms with E-state index in [0.29, 0.717) is 12.0 Å². The number of hydrogen-bond acceptors (Lipinski definition) is 3. The normalized spacial score (nSPS) is 22.4. The Morgan fingerprint density at radius 2 is 2.15 bits per heavy atom. The monoisotopic (exact) mass is 204 g/mol. The molecule has 3 heteroatoms. The number of ether oxygens (including phenoxy) is 1. The van der Waals surface area contributed by atoms with Crippen LogP contribution in [-0.4, -0.2) is 24.1 Å². The summed E-state index contributed by atoms with van der Waals surface area (Å²) in [5.41, 5.74) is -0.00623. The zero-order chi connectivity index (χ0) is 9.90. The predicted octanol–water partition coefficient (Wildman–Crippen LogP) is 2.87. The van der Waals surface area contributed by atoms with Gasteiger partial charge in [-0.3, -0.25) is 0 Å². The second-order valence-corrected chi connectivity index (χ2v) is 5.42. The zero-order valence-electron chi connectivity index (χ0n) is 9.00. The summed E-state index contributed by atoms with van der Waals surface area (Å²) in [5.74, 6) is 1.66. The van der Waals surface area contributed by atoms with Crippen molar-refractivity contribution in [2.45, 2.75) is 45.8 Å². The van der Waals surface area contributed by atoms with Gasteiger partial charge in [0.1, 0.15) is 0 Å². The van der Waals surface area contributed by atoms with Crippen molar-refractivity contribution >= 4 is 12.0 Å². The van der Waals surface area contributed by atoms with E-state index in [9.17, 15) is 0 Å². The lowest BCUT2D eigenvalue weighted by Crippen LogP contribution is -2.23. The van der Waals surface area contributed by atoms with Crippen LogP contribution in [0.5, 0.6) is 0 Å². The molecule has 1 aliphatic rings. The first-order valence-electron chi connectivity index (χ1n) is 4.92. The van der Waals surface area contributed by atoms with Gasteiger partial charge in [-0.25, -0.2) is 0 Å². The minimum atomic E-state index is -0.00623. The van der Waals surface area contributed by atoms with Gasteiger partial charge < -0.3 is 8.92 Å². The molecule has 0 aromatic carbocycles. The maximum absolute atomic E-state index is 5.73. The van der Waals surface area contributed by atoms with Crippen molar-refractivity contribution in [3.8, 4) is 0 Å². The molecule has 78 valence electrons. The molecule has 0 saturated carbocycles.